The molecule has 0 aliphatic carbocycles. The Morgan fingerprint density at radius 3 is 2.61 bits per heavy atom. The first-order valence-corrected chi connectivity index (χ1v) is 9.35. The van der Waals surface area contributed by atoms with Crippen molar-refractivity contribution < 1.29 is 14.5 Å². The minimum absolute atomic E-state index is 0.0513. The lowest BCUT2D eigenvalue weighted by Crippen LogP contribution is -2.43. The molecule has 1 fully saturated rings. The number of nitrogens with one attached hydrogen (secondary N) is 1. The Hall–Kier alpha value is -2.64. The SMILES string of the molecule is Cc1cc(C(=O)N2CCCC2C(=O)Nc2ccc(Cl)cc2Cl)ccc1[N+](=O)[O-]. The van der Waals surface area contributed by atoms with E-state index in [2.05, 4.69) is 5.32 Å². The van der Waals surface area contributed by atoms with Gasteiger partial charge in [-0.3, -0.25) is 19.7 Å². The third-order valence-corrected chi connectivity index (χ3v) is 5.19. The van der Waals surface area contributed by atoms with Crippen LogP contribution in [0.1, 0.15) is 28.8 Å². The van der Waals surface area contributed by atoms with Gasteiger partial charge < -0.3 is 10.2 Å². The van der Waals surface area contributed by atoms with Gasteiger partial charge in [0.1, 0.15) is 6.04 Å². The zero-order valence-electron chi connectivity index (χ0n) is 14.9. The van der Waals surface area contributed by atoms with Crippen LogP contribution in [0.4, 0.5) is 11.4 Å². The van der Waals surface area contributed by atoms with Crippen LogP contribution in [0, 0.1) is 17.0 Å². The summed E-state index contributed by atoms with van der Waals surface area (Å²) in [7, 11) is 0. The van der Waals surface area contributed by atoms with E-state index in [0.717, 1.165) is 0 Å². The second kappa shape index (κ2) is 8.16. The highest BCUT2D eigenvalue weighted by atomic mass is 35.5. The van der Waals surface area contributed by atoms with E-state index in [4.69, 9.17) is 23.2 Å². The van der Waals surface area contributed by atoms with E-state index < -0.39 is 11.0 Å². The molecule has 2 amide bonds. The topological polar surface area (TPSA) is 92.6 Å². The number of halogens is 2. The zero-order chi connectivity index (χ0) is 20.4. The van der Waals surface area contributed by atoms with Gasteiger partial charge in [0, 0.05) is 28.8 Å². The molecule has 0 saturated carbocycles. The number of aryl methyl sites for hydroxylation is 1. The van der Waals surface area contributed by atoms with Crippen molar-refractivity contribution in [3.8, 4) is 0 Å². The smallest absolute Gasteiger partial charge is 0.272 e. The van der Waals surface area contributed by atoms with Gasteiger partial charge in [0.25, 0.3) is 11.6 Å². The van der Waals surface area contributed by atoms with Crippen LogP contribution >= 0.6 is 23.2 Å². The summed E-state index contributed by atoms with van der Waals surface area (Å²) in [5.41, 5.74) is 1.07. The molecule has 146 valence electrons. The monoisotopic (exact) mass is 421 g/mol. The molecule has 0 bridgehead atoms. The fraction of sp³-hybridized carbons (Fsp3) is 0.263. The number of nitro groups is 1. The molecule has 0 aromatic heterocycles. The maximum Gasteiger partial charge on any atom is 0.272 e. The molecule has 28 heavy (non-hydrogen) atoms. The van der Waals surface area contributed by atoms with E-state index in [1.165, 1.54) is 29.2 Å². The van der Waals surface area contributed by atoms with E-state index in [-0.39, 0.29) is 17.5 Å². The van der Waals surface area contributed by atoms with Gasteiger partial charge in [-0.15, -0.1) is 0 Å². The Kier molecular flexibility index (Phi) is 5.86. The number of hydrogen-bond acceptors (Lipinski definition) is 4. The lowest BCUT2D eigenvalue weighted by atomic mass is 10.1. The van der Waals surface area contributed by atoms with Crippen LogP contribution in [0.25, 0.3) is 0 Å². The number of hydrogen-bond donors (Lipinski definition) is 1. The first kappa shape index (κ1) is 20.1. The number of nitro benzene ring substituents is 1. The fourth-order valence-electron chi connectivity index (χ4n) is 3.25. The molecule has 2 aromatic rings. The third kappa shape index (κ3) is 4.10. The Morgan fingerprint density at radius 1 is 1.21 bits per heavy atom. The molecule has 0 radical (unpaired) electrons. The maximum atomic E-state index is 12.9. The summed E-state index contributed by atoms with van der Waals surface area (Å²) < 4.78 is 0. The van der Waals surface area contributed by atoms with Gasteiger partial charge in [0.15, 0.2) is 0 Å². The Balaban J connectivity index is 1.78. The Bertz CT molecular complexity index is 964. The summed E-state index contributed by atoms with van der Waals surface area (Å²) in [5, 5.41) is 14.5. The second-order valence-corrected chi connectivity index (χ2v) is 7.37. The molecular weight excluding hydrogens is 405 g/mol. The standard InChI is InChI=1S/C19H17Cl2N3O4/c1-11-9-12(4-7-16(11)24(27)28)19(26)23-8-2-3-17(23)18(25)22-15-6-5-13(20)10-14(15)21/h4-7,9-10,17H,2-3,8H2,1H3,(H,22,25). The molecule has 1 atom stereocenters. The van der Waals surface area contributed by atoms with Crippen molar-refractivity contribution in [2.24, 2.45) is 0 Å². The van der Waals surface area contributed by atoms with Crippen LogP contribution in [-0.2, 0) is 4.79 Å². The van der Waals surface area contributed by atoms with Gasteiger partial charge in [-0.25, -0.2) is 0 Å². The second-order valence-electron chi connectivity index (χ2n) is 6.53. The molecule has 0 spiro atoms. The number of likely N-dealkylation sites (tertiary alicyclic amines) is 1. The van der Waals surface area contributed by atoms with Crippen LogP contribution in [0.2, 0.25) is 10.0 Å². The largest absolute Gasteiger partial charge is 0.327 e. The van der Waals surface area contributed by atoms with Crippen molar-refractivity contribution in [3.05, 3.63) is 67.7 Å². The zero-order valence-corrected chi connectivity index (χ0v) is 16.5. The highest BCUT2D eigenvalue weighted by Gasteiger charge is 2.35. The Morgan fingerprint density at radius 2 is 1.96 bits per heavy atom. The van der Waals surface area contributed by atoms with Crippen molar-refractivity contribution in [3.63, 3.8) is 0 Å². The number of nitrogens with zero attached hydrogens (tertiary/aromatic N) is 2. The number of carbonyl (C=O) groups is 2. The van der Waals surface area contributed by atoms with Crippen LogP contribution in [0.15, 0.2) is 36.4 Å². The summed E-state index contributed by atoms with van der Waals surface area (Å²) in [6.45, 7) is 2.01. The fourth-order valence-corrected chi connectivity index (χ4v) is 3.70. The molecule has 1 aliphatic rings. The minimum Gasteiger partial charge on any atom is -0.327 e. The molecule has 2 aromatic carbocycles. The minimum atomic E-state index is -0.644. The number of benzene rings is 2. The van der Waals surface area contributed by atoms with Gasteiger partial charge in [-0.2, -0.15) is 0 Å². The number of carbonyl (C=O) groups excluding carboxylic acids is 2. The molecule has 7 nitrogen and oxygen atoms in total. The molecular formula is C19H17Cl2N3O4. The number of anilines is 1. The van der Waals surface area contributed by atoms with Gasteiger partial charge >= 0.3 is 0 Å². The maximum absolute atomic E-state index is 12.9. The predicted octanol–water partition coefficient (Wildman–Crippen LogP) is 4.45. The molecule has 1 aliphatic heterocycles. The van der Waals surface area contributed by atoms with Crippen LogP contribution in [0.3, 0.4) is 0 Å². The van der Waals surface area contributed by atoms with Crippen molar-refractivity contribution in [2.45, 2.75) is 25.8 Å². The quantitative estimate of drug-likeness (QED) is 0.582. The lowest BCUT2D eigenvalue weighted by Gasteiger charge is -2.24. The van der Waals surface area contributed by atoms with E-state index >= 15 is 0 Å². The molecule has 3 rings (SSSR count). The summed E-state index contributed by atoms with van der Waals surface area (Å²) >= 11 is 12.0. The highest BCUT2D eigenvalue weighted by molar-refractivity contribution is 6.36. The lowest BCUT2D eigenvalue weighted by molar-refractivity contribution is -0.385. The van der Waals surface area contributed by atoms with Crippen molar-refractivity contribution in [1.82, 2.24) is 4.90 Å². The average Bonchev–Trinajstić information content (AvgIpc) is 3.12. The summed E-state index contributed by atoms with van der Waals surface area (Å²) in [6, 6.07) is 8.29. The summed E-state index contributed by atoms with van der Waals surface area (Å²) in [4.78, 5) is 37.6. The first-order chi connectivity index (χ1) is 13.3. The first-order valence-electron chi connectivity index (χ1n) is 8.60. The normalized spacial score (nSPS) is 16.1. The van der Waals surface area contributed by atoms with E-state index in [1.54, 1.807) is 19.1 Å². The van der Waals surface area contributed by atoms with Crippen LogP contribution in [0.5, 0.6) is 0 Å². The number of rotatable bonds is 4. The molecule has 1 N–H and O–H groups in total. The van der Waals surface area contributed by atoms with E-state index in [0.29, 0.717) is 46.2 Å². The number of amides is 2. The van der Waals surface area contributed by atoms with Gasteiger partial charge in [0.05, 0.1) is 15.6 Å². The van der Waals surface area contributed by atoms with E-state index in [9.17, 15) is 19.7 Å². The van der Waals surface area contributed by atoms with Crippen molar-refractivity contribution >= 4 is 46.4 Å². The summed E-state index contributed by atoms with van der Waals surface area (Å²) in [6.07, 6.45) is 1.21. The summed E-state index contributed by atoms with van der Waals surface area (Å²) in [5.74, 6) is -0.674. The molecule has 1 heterocycles. The molecule has 9 heteroatoms. The van der Waals surface area contributed by atoms with E-state index in [1.807, 2.05) is 0 Å². The van der Waals surface area contributed by atoms with Gasteiger partial charge in [0.2, 0.25) is 5.91 Å². The van der Waals surface area contributed by atoms with Crippen LogP contribution in [-0.4, -0.2) is 34.2 Å². The Labute approximate surface area is 171 Å². The van der Waals surface area contributed by atoms with Gasteiger partial charge in [-0.05, 0) is 50.1 Å². The highest BCUT2D eigenvalue weighted by Crippen LogP contribution is 2.28. The van der Waals surface area contributed by atoms with Crippen molar-refractivity contribution in [2.75, 3.05) is 11.9 Å². The van der Waals surface area contributed by atoms with Gasteiger partial charge in [-0.1, -0.05) is 23.2 Å². The molecule has 1 saturated heterocycles. The van der Waals surface area contributed by atoms with Crippen LogP contribution < -0.4 is 5.32 Å². The average molecular weight is 422 g/mol. The third-order valence-electron chi connectivity index (χ3n) is 4.65. The predicted molar refractivity (Wildman–Crippen MR) is 107 cm³/mol. The molecule has 1 unspecified atom stereocenters. The van der Waals surface area contributed by atoms with Crippen molar-refractivity contribution in [1.29, 1.82) is 0 Å².